The van der Waals surface area contributed by atoms with E-state index >= 15 is 0 Å². The number of hydrogen-bond acceptors (Lipinski definition) is 6. The smallest absolute Gasteiger partial charge is 0.316 e. The molecule has 138 valence electrons. The van der Waals surface area contributed by atoms with E-state index in [1.807, 2.05) is 20.8 Å². The molecule has 0 spiro atoms. The maximum absolute atomic E-state index is 12.6. The van der Waals surface area contributed by atoms with Gasteiger partial charge in [0.05, 0.1) is 24.2 Å². The van der Waals surface area contributed by atoms with Crippen molar-refractivity contribution in [3.8, 4) is 11.8 Å². The molecule has 0 saturated heterocycles. The number of nitrogens with one attached hydrogen (secondary N) is 1. The molecule has 0 aliphatic heterocycles. The van der Waals surface area contributed by atoms with Gasteiger partial charge < -0.3 is 9.47 Å². The first kappa shape index (κ1) is 19.2. The summed E-state index contributed by atoms with van der Waals surface area (Å²) in [6.07, 6.45) is 0.0241. The van der Waals surface area contributed by atoms with Gasteiger partial charge in [-0.1, -0.05) is 5.10 Å². The van der Waals surface area contributed by atoms with Crippen molar-refractivity contribution in [1.29, 1.82) is 0 Å². The Kier molecular flexibility index (Phi) is 6.02. The molecule has 2 aromatic rings. The van der Waals surface area contributed by atoms with Crippen molar-refractivity contribution in [1.82, 2.24) is 19.5 Å². The van der Waals surface area contributed by atoms with Gasteiger partial charge in [-0.25, -0.2) is 13.1 Å². The Morgan fingerprint density at radius 1 is 1.16 bits per heavy atom. The predicted molar refractivity (Wildman–Crippen MR) is 93.2 cm³/mol. The largest absolute Gasteiger partial charge is 0.491 e. The fourth-order valence-electron chi connectivity index (χ4n) is 2.39. The minimum Gasteiger partial charge on any atom is -0.491 e. The molecule has 1 N–H and O–H groups in total. The van der Waals surface area contributed by atoms with Crippen molar-refractivity contribution in [3.05, 3.63) is 30.1 Å². The van der Waals surface area contributed by atoms with Crippen LogP contribution in [0.3, 0.4) is 0 Å². The summed E-state index contributed by atoms with van der Waals surface area (Å²) < 4.78 is 40.2. The van der Waals surface area contributed by atoms with Crippen molar-refractivity contribution in [2.75, 3.05) is 7.11 Å². The van der Waals surface area contributed by atoms with Gasteiger partial charge in [-0.15, -0.1) is 5.10 Å². The van der Waals surface area contributed by atoms with Gasteiger partial charge in [-0.3, -0.25) is 4.57 Å². The number of hydrogen-bond donors (Lipinski definition) is 1. The van der Waals surface area contributed by atoms with E-state index in [0.29, 0.717) is 24.1 Å². The third-order valence-electron chi connectivity index (χ3n) is 3.47. The van der Waals surface area contributed by atoms with Crippen LogP contribution in [0.2, 0.25) is 0 Å². The van der Waals surface area contributed by atoms with Gasteiger partial charge >= 0.3 is 6.01 Å². The van der Waals surface area contributed by atoms with Crippen molar-refractivity contribution in [3.63, 3.8) is 0 Å². The van der Waals surface area contributed by atoms with Crippen LogP contribution in [0, 0.1) is 0 Å². The molecule has 0 aliphatic rings. The van der Waals surface area contributed by atoms with E-state index in [-0.39, 0.29) is 11.0 Å². The van der Waals surface area contributed by atoms with Gasteiger partial charge in [0.2, 0.25) is 10.0 Å². The van der Waals surface area contributed by atoms with E-state index in [4.69, 9.17) is 9.47 Å². The van der Waals surface area contributed by atoms with E-state index in [1.165, 1.54) is 19.2 Å². The Morgan fingerprint density at radius 2 is 1.80 bits per heavy atom. The number of nitrogens with zero attached hydrogens (tertiary/aromatic N) is 3. The lowest BCUT2D eigenvalue weighted by molar-refractivity contribution is 0.242. The van der Waals surface area contributed by atoms with Gasteiger partial charge in [0, 0.05) is 6.54 Å². The third kappa shape index (κ3) is 4.49. The maximum atomic E-state index is 12.6. The zero-order chi connectivity index (χ0) is 18.6. The topological polar surface area (TPSA) is 95.3 Å². The Bertz CT molecular complexity index is 800. The highest BCUT2D eigenvalue weighted by Crippen LogP contribution is 2.21. The Balaban J connectivity index is 2.19. The number of aromatic nitrogens is 3. The second-order valence-corrected chi connectivity index (χ2v) is 7.48. The molecule has 2 rings (SSSR count). The first-order valence-electron chi connectivity index (χ1n) is 8.04. The highest BCUT2D eigenvalue weighted by atomic mass is 32.2. The first-order valence-corrected chi connectivity index (χ1v) is 9.53. The molecular weight excluding hydrogens is 344 g/mol. The highest BCUT2D eigenvalue weighted by Gasteiger charge is 2.23. The van der Waals surface area contributed by atoms with Gasteiger partial charge in [-0.2, -0.15) is 0 Å². The molecule has 1 aromatic carbocycles. The van der Waals surface area contributed by atoms with Gasteiger partial charge in [0.25, 0.3) is 0 Å². The van der Waals surface area contributed by atoms with Crippen molar-refractivity contribution in [2.24, 2.45) is 0 Å². The lowest BCUT2D eigenvalue weighted by Crippen LogP contribution is -2.29. The van der Waals surface area contributed by atoms with Crippen LogP contribution in [0.25, 0.3) is 0 Å². The summed E-state index contributed by atoms with van der Waals surface area (Å²) in [5.74, 6) is 1.11. The summed E-state index contributed by atoms with van der Waals surface area (Å²) in [5, 5.41) is 7.93. The molecule has 0 radical (unpaired) electrons. The molecule has 1 heterocycles. The molecule has 0 fully saturated rings. The molecule has 8 nitrogen and oxygen atoms in total. The fraction of sp³-hybridized carbons (Fsp3) is 0.500. The Morgan fingerprint density at radius 3 is 2.32 bits per heavy atom. The van der Waals surface area contributed by atoms with E-state index in [1.54, 1.807) is 23.6 Å². The number of benzene rings is 1. The summed E-state index contributed by atoms with van der Waals surface area (Å²) >= 11 is 0. The fourth-order valence-corrected chi connectivity index (χ4v) is 3.59. The number of sulfonamides is 1. The molecule has 25 heavy (non-hydrogen) atoms. The average molecular weight is 368 g/mol. The molecule has 1 atom stereocenters. The number of methoxy groups -OCH3 is 1. The normalized spacial score (nSPS) is 13.0. The van der Waals surface area contributed by atoms with E-state index in [2.05, 4.69) is 14.9 Å². The van der Waals surface area contributed by atoms with E-state index in [9.17, 15) is 8.42 Å². The summed E-state index contributed by atoms with van der Waals surface area (Å²) in [6.45, 7) is 8.00. The molecule has 0 unspecified atom stereocenters. The van der Waals surface area contributed by atoms with E-state index < -0.39 is 16.1 Å². The predicted octanol–water partition coefficient (Wildman–Crippen LogP) is 2.13. The molecule has 0 bridgehead atoms. The Hall–Kier alpha value is -2.13. The zero-order valence-electron chi connectivity index (χ0n) is 15.1. The molecule has 0 aliphatic carbocycles. The van der Waals surface area contributed by atoms with Crippen LogP contribution >= 0.6 is 0 Å². The lowest BCUT2D eigenvalue weighted by atomic mass is 10.3. The van der Waals surface area contributed by atoms with Crippen molar-refractivity contribution >= 4 is 10.0 Å². The highest BCUT2D eigenvalue weighted by molar-refractivity contribution is 7.89. The number of rotatable bonds is 8. The third-order valence-corrected chi connectivity index (χ3v) is 5.03. The summed E-state index contributed by atoms with van der Waals surface area (Å²) in [6, 6.07) is 6.08. The second kappa shape index (κ2) is 7.83. The molecule has 1 aromatic heterocycles. The zero-order valence-corrected chi connectivity index (χ0v) is 15.9. The molecular formula is C16H24N4O4S. The van der Waals surface area contributed by atoms with Crippen LogP contribution < -0.4 is 14.2 Å². The van der Waals surface area contributed by atoms with Crippen molar-refractivity contribution < 1.29 is 17.9 Å². The van der Waals surface area contributed by atoms with Crippen LogP contribution in [0.5, 0.6) is 11.8 Å². The lowest BCUT2D eigenvalue weighted by Gasteiger charge is -2.15. The summed E-state index contributed by atoms with van der Waals surface area (Å²) in [5.41, 5.74) is 0. The van der Waals surface area contributed by atoms with Gasteiger partial charge in [0.15, 0.2) is 5.82 Å². The van der Waals surface area contributed by atoms with Crippen LogP contribution in [0.1, 0.15) is 39.6 Å². The minimum atomic E-state index is -3.70. The first-order chi connectivity index (χ1) is 11.8. The second-order valence-electron chi connectivity index (χ2n) is 5.77. The van der Waals surface area contributed by atoms with Gasteiger partial charge in [-0.05, 0) is 52.0 Å². The van der Waals surface area contributed by atoms with Crippen LogP contribution in [0.4, 0.5) is 0 Å². The Labute approximate surface area is 148 Å². The van der Waals surface area contributed by atoms with Crippen LogP contribution in [-0.4, -0.2) is 36.4 Å². The van der Waals surface area contributed by atoms with E-state index in [0.717, 1.165) is 0 Å². The van der Waals surface area contributed by atoms with Gasteiger partial charge in [0.1, 0.15) is 5.75 Å². The summed E-state index contributed by atoms with van der Waals surface area (Å²) in [4.78, 5) is 0.157. The average Bonchev–Trinajstić information content (AvgIpc) is 2.97. The van der Waals surface area contributed by atoms with Crippen molar-refractivity contribution in [2.45, 2.75) is 51.3 Å². The molecule has 0 saturated carbocycles. The maximum Gasteiger partial charge on any atom is 0.316 e. The van der Waals surface area contributed by atoms with Crippen LogP contribution in [-0.2, 0) is 16.6 Å². The molecule has 0 amide bonds. The standard InChI is InChI=1S/C16H24N4O4S/c1-6-20-15(17-18-16(20)23-5)12(4)19-25(21,22)14-9-7-13(8-10-14)24-11(2)3/h7-12,19H,6H2,1-5H3/t12-/m1/s1. The summed E-state index contributed by atoms with van der Waals surface area (Å²) in [7, 11) is -2.21. The number of ether oxygens (including phenoxy) is 2. The molecule has 9 heteroatoms. The quantitative estimate of drug-likeness (QED) is 0.767. The minimum absolute atomic E-state index is 0.0241. The SMILES string of the molecule is CCn1c(OC)nnc1[C@@H](C)NS(=O)(=O)c1ccc(OC(C)C)cc1. The monoisotopic (exact) mass is 368 g/mol. The van der Waals surface area contributed by atoms with Crippen LogP contribution in [0.15, 0.2) is 29.2 Å².